The molecule has 2 aromatic carbocycles. The predicted octanol–water partition coefficient (Wildman–Crippen LogP) is 4.43. The Balaban J connectivity index is 1.96. The average molecular weight is 405 g/mol. The summed E-state index contributed by atoms with van der Waals surface area (Å²) in [4.78, 5) is 23.5. The first-order chi connectivity index (χ1) is 11.9. The largest absolute Gasteiger partial charge is 0.493 e. The maximum atomic E-state index is 12.2. The van der Waals surface area contributed by atoms with Crippen LogP contribution in [0.2, 0.25) is 0 Å². The molecule has 0 saturated carbocycles. The second-order valence-corrected chi connectivity index (χ2v) is 6.65. The third kappa shape index (κ3) is 5.60. The molecule has 2 rings (SSSR count). The minimum atomic E-state index is -0.198. The molecule has 0 aliphatic rings. The quantitative estimate of drug-likeness (QED) is 0.747. The normalized spacial score (nSPS) is 10.2. The molecule has 0 radical (unpaired) electrons. The van der Waals surface area contributed by atoms with Crippen LogP contribution in [0.1, 0.15) is 24.5 Å². The van der Waals surface area contributed by atoms with E-state index in [4.69, 9.17) is 4.74 Å². The van der Waals surface area contributed by atoms with Crippen LogP contribution in [0, 0.1) is 13.8 Å². The van der Waals surface area contributed by atoms with Gasteiger partial charge in [0.15, 0.2) is 0 Å². The van der Waals surface area contributed by atoms with E-state index in [1.54, 1.807) is 18.2 Å². The fourth-order valence-electron chi connectivity index (χ4n) is 2.40. The summed E-state index contributed by atoms with van der Waals surface area (Å²) < 4.78 is 6.56. The molecule has 2 aromatic rings. The second kappa shape index (κ2) is 8.67. The first-order valence-corrected chi connectivity index (χ1v) is 8.72. The molecule has 0 bridgehead atoms. The van der Waals surface area contributed by atoms with Gasteiger partial charge in [-0.05, 0) is 43.2 Å². The third-order valence-corrected chi connectivity index (χ3v) is 4.04. The van der Waals surface area contributed by atoms with Gasteiger partial charge in [-0.3, -0.25) is 9.59 Å². The van der Waals surface area contributed by atoms with Gasteiger partial charge in [-0.25, -0.2) is 0 Å². The van der Waals surface area contributed by atoms with Gasteiger partial charge in [-0.15, -0.1) is 0 Å². The zero-order valence-corrected chi connectivity index (χ0v) is 16.1. The number of carbonyl (C=O) groups excluding carboxylic acids is 2. The fraction of sp³-hybridized carbons (Fsp3) is 0.263. The van der Waals surface area contributed by atoms with Gasteiger partial charge in [-0.1, -0.05) is 34.1 Å². The van der Waals surface area contributed by atoms with Crippen molar-refractivity contribution in [2.45, 2.75) is 27.2 Å². The number of carbonyl (C=O) groups is 2. The van der Waals surface area contributed by atoms with Crippen LogP contribution in [0.3, 0.4) is 0 Å². The molecular weight excluding hydrogens is 384 g/mol. The lowest BCUT2D eigenvalue weighted by molar-refractivity contribution is -0.117. The molecule has 0 saturated heterocycles. The Morgan fingerprint density at radius 1 is 1.04 bits per heavy atom. The van der Waals surface area contributed by atoms with Gasteiger partial charge in [0, 0.05) is 11.4 Å². The molecule has 5 nitrogen and oxygen atoms in total. The van der Waals surface area contributed by atoms with E-state index in [9.17, 15) is 9.59 Å². The van der Waals surface area contributed by atoms with Crippen LogP contribution < -0.4 is 15.4 Å². The highest BCUT2D eigenvalue weighted by molar-refractivity contribution is 9.10. The van der Waals surface area contributed by atoms with Crippen LogP contribution in [0.5, 0.6) is 5.75 Å². The lowest BCUT2D eigenvalue weighted by atomic mass is 10.1. The van der Waals surface area contributed by atoms with Gasteiger partial charge in [0.25, 0.3) is 0 Å². The number of ether oxygens (including phenoxy) is 1. The number of benzene rings is 2. The first kappa shape index (κ1) is 19.0. The molecule has 25 heavy (non-hydrogen) atoms. The number of amides is 2. The Kier molecular flexibility index (Phi) is 6.58. The zero-order chi connectivity index (χ0) is 18.4. The molecule has 0 unspecified atom stereocenters. The third-order valence-electron chi connectivity index (χ3n) is 3.55. The molecule has 0 heterocycles. The number of rotatable bonds is 6. The molecular formula is C19H21BrN2O3. The number of halogens is 1. The number of hydrogen-bond donors (Lipinski definition) is 2. The Hall–Kier alpha value is -2.34. The Bertz CT molecular complexity index is 770. The smallest absolute Gasteiger partial charge is 0.227 e. The zero-order valence-electron chi connectivity index (χ0n) is 14.5. The number of aryl methyl sites for hydroxylation is 2. The summed E-state index contributed by atoms with van der Waals surface area (Å²) in [7, 11) is 0. The standard InChI is InChI=1S/C19H21BrN2O3/c1-12-5-4-6-13(2)19(12)25-10-9-18(24)22-17-11-15(20)7-8-16(17)21-14(3)23/h4-8,11H,9-10H2,1-3H3,(H,21,23)(H,22,24). The monoisotopic (exact) mass is 404 g/mol. The van der Waals surface area contributed by atoms with E-state index in [-0.39, 0.29) is 24.8 Å². The van der Waals surface area contributed by atoms with Crippen molar-refractivity contribution in [2.75, 3.05) is 17.2 Å². The lowest BCUT2D eigenvalue weighted by Gasteiger charge is -2.14. The number of hydrogen-bond acceptors (Lipinski definition) is 3. The van der Waals surface area contributed by atoms with Gasteiger partial charge < -0.3 is 15.4 Å². The highest BCUT2D eigenvalue weighted by atomic mass is 79.9. The van der Waals surface area contributed by atoms with Crippen molar-refractivity contribution >= 4 is 39.1 Å². The van der Waals surface area contributed by atoms with Crippen LogP contribution in [0.15, 0.2) is 40.9 Å². The molecule has 2 N–H and O–H groups in total. The van der Waals surface area contributed by atoms with E-state index in [1.807, 2.05) is 32.0 Å². The van der Waals surface area contributed by atoms with E-state index in [0.717, 1.165) is 21.3 Å². The molecule has 0 aliphatic carbocycles. The van der Waals surface area contributed by atoms with E-state index in [2.05, 4.69) is 26.6 Å². The van der Waals surface area contributed by atoms with Crippen LogP contribution in [0.4, 0.5) is 11.4 Å². The van der Waals surface area contributed by atoms with Crippen molar-refractivity contribution in [3.05, 3.63) is 52.0 Å². The number of anilines is 2. The van der Waals surface area contributed by atoms with Crippen molar-refractivity contribution in [1.82, 2.24) is 0 Å². The number of para-hydroxylation sites is 1. The molecule has 0 aromatic heterocycles. The SMILES string of the molecule is CC(=O)Nc1ccc(Br)cc1NC(=O)CCOc1c(C)cccc1C. The Morgan fingerprint density at radius 2 is 1.72 bits per heavy atom. The van der Waals surface area contributed by atoms with E-state index in [0.29, 0.717) is 11.4 Å². The second-order valence-electron chi connectivity index (χ2n) is 5.74. The van der Waals surface area contributed by atoms with E-state index >= 15 is 0 Å². The molecule has 0 spiro atoms. The van der Waals surface area contributed by atoms with Gasteiger partial charge in [-0.2, -0.15) is 0 Å². The van der Waals surface area contributed by atoms with Crippen LogP contribution in [0.25, 0.3) is 0 Å². The van der Waals surface area contributed by atoms with Gasteiger partial charge in [0.2, 0.25) is 11.8 Å². The van der Waals surface area contributed by atoms with Crippen LogP contribution >= 0.6 is 15.9 Å². The average Bonchev–Trinajstić information content (AvgIpc) is 2.52. The summed E-state index contributed by atoms with van der Waals surface area (Å²) in [5.41, 5.74) is 3.18. The summed E-state index contributed by atoms with van der Waals surface area (Å²) in [6.45, 7) is 5.65. The van der Waals surface area contributed by atoms with Gasteiger partial charge in [0.1, 0.15) is 5.75 Å². The summed E-state index contributed by atoms with van der Waals surface area (Å²) in [6, 6.07) is 11.2. The van der Waals surface area contributed by atoms with Crippen LogP contribution in [-0.4, -0.2) is 18.4 Å². The molecule has 2 amide bonds. The van der Waals surface area contributed by atoms with Crippen molar-refractivity contribution in [3.63, 3.8) is 0 Å². The molecule has 0 atom stereocenters. The Labute approximate surface area is 155 Å². The molecule has 0 aliphatic heterocycles. The lowest BCUT2D eigenvalue weighted by Crippen LogP contribution is -2.17. The molecule has 0 fully saturated rings. The van der Waals surface area contributed by atoms with Gasteiger partial charge in [0.05, 0.1) is 24.4 Å². The van der Waals surface area contributed by atoms with Crippen molar-refractivity contribution in [3.8, 4) is 5.75 Å². The summed E-state index contributed by atoms with van der Waals surface area (Å²) in [5.74, 6) is 0.434. The fourth-order valence-corrected chi connectivity index (χ4v) is 2.76. The first-order valence-electron chi connectivity index (χ1n) is 7.93. The maximum Gasteiger partial charge on any atom is 0.227 e. The molecule has 6 heteroatoms. The predicted molar refractivity (Wildman–Crippen MR) is 103 cm³/mol. The summed E-state index contributed by atoms with van der Waals surface area (Å²) in [6.07, 6.45) is 0.208. The van der Waals surface area contributed by atoms with Crippen molar-refractivity contribution < 1.29 is 14.3 Å². The highest BCUT2D eigenvalue weighted by Crippen LogP contribution is 2.26. The minimum Gasteiger partial charge on any atom is -0.493 e. The van der Waals surface area contributed by atoms with Crippen molar-refractivity contribution in [2.24, 2.45) is 0 Å². The minimum absolute atomic E-state index is 0.184. The van der Waals surface area contributed by atoms with Crippen molar-refractivity contribution in [1.29, 1.82) is 0 Å². The maximum absolute atomic E-state index is 12.2. The van der Waals surface area contributed by atoms with E-state index < -0.39 is 0 Å². The Morgan fingerprint density at radius 3 is 2.36 bits per heavy atom. The number of nitrogens with one attached hydrogen (secondary N) is 2. The highest BCUT2D eigenvalue weighted by Gasteiger charge is 2.10. The summed E-state index contributed by atoms with van der Waals surface area (Å²) in [5, 5.41) is 5.51. The molecule has 132 valence electrons. The topological polar surface area (TPSA) is 67.4 Å². The van der Waals surface area contributed by atoms with Crippen LogP contribution in [-0.2, 0) is 9.59 Å². The van der Waals surface area contributed by atoms with E-state index in [1.165, 1.54) is 6.92 Å². The van der Waals surface area contributed by atoms with Gasteiger partial charge >= 0.3 is 0 Å². The summed E-state index contributed by atoms with van der Waals surface area (Å²) >= 11 is 3.36.